The van der Waals surface area contributed by atoms with E-state index in [0.717, 1.165) is 57.1 Å². The Balaban J connectivity index is 0.000000217. The number of halogens is 7. The summed E-state index contributed by atoms with van der Waals surface area (Å²) in [6, 6.07) is 4.75. The molecular formula is C35H38F7N7O3S. The third-order valence-corrected chi connectivity index (χ3v) is 10.1. The molecule has 7 rings (SSSR count). The number of alkyl halides is 5. The van der Waals surface area contributed by atoms with Gasteiger partial charge in [0.1, 0.15) is 47.7 Å². The predicted molar refractivity (Wildman–Crippen MR) is 187 cm³/mol. The number of hydrogen-bond donors (Lipinski definition) is 2. The van der Waals surface area contributed by atoms with Gasteiger partial charge < -0.3 is 25.4 Å². The highest BCUT2D eigenvalue weighted by atomic mass is 32.1. The second kappa shape index (κ2) is 17.0. The number of anilines is 2. The van der Waals surface area contributed by atoms with Crippen molar-refractivity contribution < 1.29 is 45.0 Å². The van der Waals surface area contributed by atoms with Gasteiger partial charge >= 0.3 is 18.3 Å². The number of likely N-dealkylation sites (tertiary alicyclic amines) is 1. The number of benzene rings is 2. The standard InChI is InChI=1S/C21H14F5N5OS.C7H12FNO2.C7H12FN/c1-3-29-19-9-6-11(21(24,25)26)14(15(23)16(9)30-20(31-19)32-2)8-4-5-12(22)17-13(8)10(7-27)18(28)33-17;8-3-6-11-7(10)9-4-1-2-5-9;8-6-4-7-2-1-3-9(7)5-6/h4-6H,3,28H2,1-2H3,(H,29,30,31);1-6H2;6-7H,1-5H2. The van der Waals surface area contributed by atoms with Crippen LogP contribution in [0, 0.1) is 23.0 Å². The van der Waals surface area contributed by atoms with Crippen molar-refractivity contribution in [3.63, 3.8) is 0 Å². The summed E-state index contributed by atoms with van der Waals surface area (Å²) in [4.78, 5) is 22.7. The largest absolute Gasteiger partial charge is 0.467 e. The van der Waals surface area contributed by atoms with Crippen molar-refractivity contribution in [1.29, 1.82) is 5.26 Å². The normalized spacial score (nSPS) is 18.2. The van der Waals surface area contributed by atoms with Crippen molar-refractivity contribution in [2.24, 2.45) is 0 Å². The number of nitrogens with one attached hydrogen (secondary N) is 1. The van der Waals surface area contributed by atoms with E-state index in [1.165, 1.54) is 20.0 Å². The molecule has 3 fully saturated rings. The Labute approximate surface area is 304 Å². The van der Waals surface area contributed by atoms with Crippen LogP contribution in [0.3, 0.4) is 0 Å². The van der Waals surface area contributed by atoms with Crippen molar-refractivity contribution in [2.45, 2.75) is 57.4 Å². The van der Waals surface area contributed by atoms with Gasteiger partial charge in [-0.15, -0.1) is 11.3 Å². The Morgan fingerprint density at radius 1 is 1.17 bits per heavy atom. The molecule has 0 bridgehead atoms. The predicted octanol–water partition coefficient (Wildman–Crippen LogP) is 8.08. The lowest BCUT2D eigenvalue weighted by molar-refractivity contribution is -0.137. The minimum Gasteiger partial charge on any atom is -0.467 e. The second-order valence-corrected chi connectivity index (χ2v) is 13.5. The zero-order valence-corrected chi connectivity index (χ0v) is 29.8. The minimum absolute atomic E-state index is 0.0444. The maximum Gasteiger partial charge on any atom is 0.417 e. The summed E-state index contributed by atoms with van der Waals surface area (Å²) in [5, 5.41) is 11.8. The summed E-state index contributed by atoms with van der Waals surface area (Å²) in [6.07, 6.45) is -0.494. The molecule has 3 saturated heterocycles. The topological polar surface area (TPSA) is 130 Å². The fraction of sp³-hybridized carbons (Fsp3) is 0.486. The number of carbonyl (C=O) groups is 1. The Kier molecular flexibility index (Phi) is 12.7. The molecule has 2 aromatic carbocycles. The fourth-order valence-corrected chi connectivity index (χ4v) is 7.69. The molecule has 3 aliphatic heterocycles. The van der Waals surface area contributed by atoms with Crippen molar-refractivity contribution in [2.75, 3.05) is 64.2 Å². The Bertz CT molecular complexity index is 1970. The van der Waals surface area contributed by atoms with Crippen LogP contribution in [-0.2, 0) is 10.9 Å². The molecule has 286 valence electrons. The lowest BCUT2D eigenvalue weighted by Gasteiger charge is -2.18. The summed E-state index contributed by atoms with van der Waals surface area (Å²) in [5.41, 5.74) is 2.59. The summed E-state index contributed by atoms with van der Waals surface area (Å²) in [7, 11) is 1.23. The second-order valence-electron chi connectivity index (χ2n) is 12.5. The number of fused-ring (bicyclic) bond motifs is 3. The van der Waals surface area contributed by atoms with Crippen LogP contribution in [0.2, 0.25) is 0 Å². The molecule has 10 nitrogen and oxygen atoms in total. The zero-order chi connectivity index (χ0) is 38.4. The van der Waals surface area contributed by atoms with E-state index in [1.54, 1.807) is 17.9 Å². The fourth-order valence-electron chi connectivity index (χ4n) is 6.74. The van der Waals surface area contributed by atoms with Gasteiger partial charge in [-0.05, 0) is 63.3 Å². The van der Waals surface area contributed by atoms with Crippen LogP contribution < -0.4 is 15.8 Å². The Hall–Kier alpha value is -4.63. The number of amides is 1. The van der Waals surface area contributed by atoms with E-state index in [-0.39, 0.29) is 62.7 Å². The number of rotatable bonds is 6. The van der Waals surface area contributed by atoms with Gasteiger partial charge in [-0.2, -0.15) is 28.4 Å². The summed E-state index contributed by atoms with van der Waals surface area (Å²) < 4.78 is 106. The van der Waals surface area contributed by atoms with E-state index in [9.17, 15) is 36.4 Å². The number of nitrogens with two attached hydrogens (primary N) is 1. The van der Waals surface area contributed by atoms with Crippen LogP contribution in [0.15, 0.2) is 18.2 Å². The van der Waals surface area contributed by atoms with Crippen LogP contribution >= 0.6 is 11.3 Å². The molecule has 0 radical (unpaired) electrons. The molecular weight excluding hydrogens is 731 g/mol. The van der Waals surface area contributed by atoms with E-state index in [1.807, 2.05) is 0 Å². The number of ether oxygens (including phenoxy) is 2. The highest BCUT2D eigenvalue weighted by molar-refractivity contribution is 7.23. The maximum atomic E-state index is 15.9. The quantitative estimate of drug-likeness (QED) is 0.187. The van der Waals surface area contributed by atoms with Gasteiger partial charge in [-0.1, -0.05) is 6.07 Å². The summed E-state index contributed by atoms with van der Waals surface area (Å²) >= 11 is 0.698. The van der Waals surface area contributed by atoms with Gasteiger partial charge in [0.15, 0.2) is 5.82 Å². The molecule has 1 amide bonds. The molecule has 3 aliphatic rings. The monoisotopic (exact) mass is 769 g/mol. The van der Waals surface area contributed by atoms with Crippen LogP contribution in [0.4, 0.5) is 46.3 Å². The molecule has 0 aliphatic carbocycles. The van der Waals surface area contributed by atoms with Crippen LogP contribution in [0.1, 0.15) is 50.2 Å². The van der Waals surface area contributed by atoms with Crippen molar-refractivity contribution in [3.8, 4) is 23.2 Å². The average molecular weight is 770 g/mol. The van der Waals surface area contributed by atoms with E-state index in [2.05, 4.69) is 24.9 Å². The van der Waals surface area contributed by atoms with E-state index in [0.29, 0.717) is 23.9 Å². The maximum absolute atomic E-state index is 15.9. The average Bonchev–Trinajstić information content (AvgIpc) is 3.93. The van der Waals surface area contributed by atoms with Gasteiger partial charge in [-0.3, -0.25) is 4.90 Å². The van der Waals surface area contributed by atoms with Crippen LogP contribution in [0.5, 0.6) is 6.01 Å². The molecule has 0 spiro atoms. The molecule has 5 heterocycles. The van der Waals surface area contributed by atoms with Crippen molar-refractivity contribution in [1.82, 2.24) is 19.8 Å². The molecule has 4 aromatic rings. The number of carbonyl (C=O) groups excluding carboxylic acids is 1. The molecule has 18 heteroatoms. The lowest BCUT2D eigenvalue weighted by Crippen LogP contribution is -2.28. The van der Waals surface area contributed by atoms with Crippen molar-refractivity contribution in [3.05, 3.63) is 41.0 Å². The smallest absolute Gasteiger partial charge is 0.417 e. The number of aromatic nitrogens is 2. The number of methoxy groups -OCH3 is 1. The molecule has 2 atom stereocenters. The molecule has 53 heavy (non-hydrogen) atoms. The number of thiophene rings is 1. The molecule has 2 aromatic heterocycles. The number of nitriles is 1. The van der Waals surface area contributed by atoms with Gasteiger partial charge in [0.05, 0.1) is 22.9 Å². The number of nitrogen functional groups attached to an aromatic ring is 1. The SMILES string of the molecule is CCNc1nc(OC)nc2c(F)c(-c3ccc(F)c4sc(N)c(C#N)c34)c(C(F)(F)F)cc12.FC1CC2CCCN2C1.O=C(OCCF)N1CCCC1. The van der Waals surface area contributed by atoms with E-state index >= 15 is 4.39 Å². The van der Waals surface area contributed by atoms with Crippen LogP contribution in [0.25, 0.3) is 32.1 Å². The van der Waals surface area contributed by atoms with Crippen molar-refractivity contribution >= 4 is 49.2 Å². The first-order chi connectivity index (χ1) is 25.3. The molecule has 0 saturated carbocycles. The summed E-state index contributed by atoms with van der Waals surface area (Å²) in [6.45, 7) is 4.63. The lowest BCUT2D eigenvalue weighted by atomic mass is 9.92. The first-order valence-electron chi connectivity index (χ1n) is 17.0. The van der Waals surface area contributed by atoms with E-state index in [4.69, 9.17) is 10.5 Å². The zero-order valence-electron chi connectivity index (χ0n) is 29.0. The third kappa shape index (κ3) is 8.62. The van der Waals surface area contributed by atoms with E-state index < -0.39 is 47.3 Å². The van der Waals surface area contributed by atoms with Crippen LogP contribution in [-0.4, -0.2) is 91.2 Å². The third-order valence-electron chi connectivity index (χ3n) is 9.07. The molecule has 3 N–H and O–H groups in total. The van der Waals surface area contributed by atoms with Gasteiger partial charge in [0.25, 0.3) is 0 Å². The Morgan fingerprint density at radius 3 is 2.53 bits per heavy atom. The first kappa shape index (κ1) is 39.6. The number of nitrogens with zero attached hydrogens (tertiary/aromatic N) is 5. The first-order valence-corrected chi connectivity index (χ1v) is 17.8. The highest BCUT2D eigenvalue weighted by Crippen LogP contribution is 2.47. The van der Waals surface area contributed by atoms with Gasteiger partial charge in [0.2, 0.25) is 0 Å². The Morgan fingerprint density at radius 2 is 1.91 bits per heavy atom. The highest BCUT2D eigenvalue weighted by Gasteiger charge is 2.38. The molecule has 2 unspecified atom stereocenters. The van der Waals surface area contributed by atoms with Gasteiger partial charge in [0, 0.05) is 48.6 Å². The summed E-state index contributed by atoms with van der Waals surface area (Å²) in [5.74, 6) is -2.15. The number of hydrogen-bond acceptors (Lipinski definition) is 10. The van der Waals surface area contributed by atoms with Gasteiger partial charge in [-0.25, -0.2) is 22.4 Å². The minimum atomic E-state index is -5.00.